The number of nitrogens with zero attached hydrogens (tertiary/aromatic N) is 3. The highest BCUT2D eigenvalue weighted by Gasteiger charge is 2.32. The quantitative estimate of drug-likeness (QED) is 0.677. The highest BCUT2D eigenvalue weighted by atomic mass is 16.3. The molecule has 1 aliphatic heterocycles. The average Bonchev–Trinajstić information content (AvgIpc) is 3.02. The van der Waals surface area contributed by atoms with Crippen molar-refractivity contribution in [2.24, 2.45) is 0 Å². The van der Waals surface area contributed by atoms with E-state index in [4.69, 9.17) is 0 Å². The normalized spacial score (nSPS) is 23.3. The Bertz CT molecular complexity index is 634. The Labute approximate surface area is 148 Å². The zero-order valence-electron chi connectivity index (χ0n) is 14.7. The number of amides is 1. The molecule has 2 aliphatic rings. The van der Waals surface area contributed by atoms with Crippen LogP contribution in [0.3, 0.4) is 0 Å². The molecule has 0 saturated carbocycles. The standard InChI is InChI=1S/C18H27N5O2/c1-19-16-9-17(22-12-21-16)23-11-15(24)8-14(23)10-20-18(25)7-13-5-3-2-4-6-13/h5,9,12,14-15,24H,2-4,6-8,10-11H2,1H3,(H,20,25)(H,19,21,22)/t14-,15-/m1/s1. The lowest BCUT2D eigenvalue weighted by molar-refractivity contribution is -0.120. The number of carbonyl (C=O) groups is 1. The van der Waals surface area contributed by atoms with Crippen molar-refractivity contribution in [3.05, 3.63) is 24.0 Å². The highest BCUT2D eigenvalue weighted by Crippen LogP contribution is 2.25. The molecule has 2 heterocycles. The Kier molecular flexibility index (Phi) is 5.86. The molecule has 2 atom stereocenters. The number of hydrogen-bond acceptors (Lipinski definition) is 6. The molecule has 7 nitrogen and oxygen atoms in total. The van der Waals surface area contributed by atoms with E-state index in [2.05, 4.69) is 26.7 Å². The fourth-order valence-electron chi connectivity index (χ4n) is 3.57. The summed E-state index contributed by atoms with van der Waals surface area (Å²) < 4.78 is 0. The van der Waals surface area contributed by atoms with Crippen LogP contribution < -0.4 is 15.5 Å². The minimum Gasteiger partial charge on any atom is -0.391 e. The van der Waals surface area contributed by atoms with Gasteiger partial charge < -0.3 is 20.6 Å². The van der Waals surface area contributed by atoms with Crippen molar-refractivity contribution in [3.63, 3.8) is 0 Å². The van der Waals surface area contributed by atoms with Gasteiger partial charge in [0.15, 0.2) is 0 Å². The Morgan fingerprint density at radius 1 is 1.40 bits per heavy atom. The Balaban J connectivity index is 1.58. The lowest BCUT2D eigenvalue weighted by atomic mass is 9.97. The number of β-amino-alcohol motifs (C(OH)–C–C–N with tert-alkyl or cyclic N) is 1. The van der Waals surface area contributed by atoms with Gasteiger partial charge in [-0.25, -0.2) is 9.97 Å². The first-order valence-corrected chi connectivity index (χ1v) is 9.05. The van der Waals surface area contributed by atoms with Crippen LogP contribution in [0.4, 0.5) is 11.6 Å². The van der Waals surface area contributed by atoms with Crippen LogP contribution in [0.25, 0.3) is 0 Å². The molecule has 25 heavy (non-hydrogen) atoms. The van der Waals surface area contributed by atoms with Crippen LogP contribution in [0.15, 0.2) is 24.0 Å². The first-order valence-electron chi connectivity index (χ1n) is 9.05. The van der Waals surface area contributed by atoms with Crippen LogP contribution in [0.5, 0.6) is 0 Å². The van der Waals surface area contributed by atoms with Gasteiger partial charge in [0.05, 0.1) is 12.1 Å². The molecule has 0 spiro atoms. The van der Waals surface area contributed by atoms with Gasteiger partial charge in [-0.2, -0.15) is 0 Å². The van der Waals surface area contributed by atoms with Crippen LogP contribution in [-0.4, -0.2) is 53.3 Å². The monoisotopic (exact) mass is 345 g/mol. The summed E-state index contributed by atoms with van der Waals surface area (Å²) in [6.45, 7) is 1.04. The minimum atomic E-state index is -0.407. The summed E-state index contributed by atoms with van der Waals surface area (Å²) in [5, 5.41) is 16.1. The zero-order valence-corrected chi connectivity index (χ0v) is 14.7. The molecule has 1 aromatic rings. The zero-order chi connectivity index (χ0) is 17.6. The van der Waals surface area contributed by atoms with Gasteiger partial charge in [-0.1, -0.05) is 11.6 Å². The number of aliphatic hydroxyl groups excluding tert-OH is 1. The van der Waals surface area contributed by atoms with Gasteiger partial charge in [-0.3, -0.25) is 4.79 Å². The number of allylic oxidation sites excluding steroid dienone is 1. The third-order valence-electron chi connectivity index (χ3n) is 4.90. The molecule has 1 aliphatic carbocycles. The highest BCUT2D eigenvalue weighted by molar-refractivity contribution is 5.78. The molecular weight excluding hydrogens is 318 g/mol. The number of anilines is 2. The van der Waals surface area contributed by atoms with Gasteiger partial charge in [-0.15, -0.1) is 0 Å². The van der Waals surface area contributed by atoms with Crippen molar-refractivity contribution in [2.75, 3.05) is 30.4 Å². The lowest BCUT2D eigenvalue weighted by Gasteiger charge is -2.26. The Morgan fingerprint density at radius 2 is 2.28 bits per heavy atom. The summed E-state index contributed by atoms with van der Waals surface area (Å²) in [5.41, 5.74) is 1.25. The van der Waals surface area contributed by atoms with E-state index in [1.165, 1.54) is 24.7 Å². The summed E-state index contributed by atoms with van der Waals surface area (Å²) in [7, 11) is 1.81. The summed E-state index contributed by atoms with van der Waals surface area (Å²) in [5.74, 6) is 1.57. The first-order chi connectivity index (χ1) is 12.2. The van der Waals surface area contributed by atoms with Crippen molar-refractivity contribution in [2.45, 2.75) is 50.7 Å². The maximum atomic E-state index is 12.2. The van der Waals surface area contributed by atoms with Gasteiger partial charge in [-0.05, 0) is 32.1 Å². The van der Waals surface area contributed by atoms with Crippen LogP contribution in [0.2, 0.25) is 0 Å². The molecule has 1 aromatic heterocycles. The number of aromatic nitrogens is 2. The van der Waals surface area contributed by atoms with Crippen molar-refractivity contribution >= 4 is 17.5 Å². The third kappa shape index (κ3) is 4.69. The van der Waals surface area contributed by atoms with Crippen molar-refractivity contribution < 1.29 is 9.90 Å². The number of carbonyl (C=O) groups excluding carboxylic acids is 1. The molecule has 136 valence electrons. The SMILES string of the molecule is CNc1cc(N2C[C@H](O)C[C@@H]2CNC(=O)CC2=CCCCC2)ncn1. The topological polar surface area (TPSA) is 90.4 Å². The van der Waals surface area contributed by atoms with Crippen LogP contribution in [0.1, 0.15) is 38.5 Å². The Morgan fingerprint density at radius 3 is 3.04 bits per heavy atom. The molecule has 0 aromatic carbocycles. The van der Waals surface area contributed by atoms with Gasteiger partial charge in [0.25, 0.3) is 0 Å². The Hall–Kier alpha value is -2.15. The second kappa shape index (κ2) is 8.29. The summed E-state index contributed by atoms with van der Waals surface area (Å²) in [4.78, 5) is 22.7. The van der Waals surface area contributed by atoms with Gasteiger partial charge in [0.1, 0.15) is 18.0 Å². The van der Waals surface area contributed by atoms with Gasteiger partial charge in [0.2, 0.25) is 5.91 Å². The molecule has 0 unspecified atom stereocenters. The predicted octanol–water partition coefficient (Wildman–Crippen LogP) is 1.46. The molecule has 0 radical (unpaired) electrons. The number of rotatable bonds is 6. The smallest absolute Gasteiger partial charge is 0.224 e. The van der Waals surface area contributed by atoms with E-state index in [9.17, 15) is 9.90 Å². The second-order valence-electron chi connectivity index (χ2n) is 6.80. The minimum absolute atomic E-state index is 0.0406. The molecule has 1 amide bonds. The maximum absolute atomic E-state index is 12.2. The number of hydrogen-bond donors (Lipinski definition) is 3. The molecule has 1 saturated heterocycles. The first kappa shape index (κ1) is 17.7. The molecule has 3 rings (SSSR count). The average molecular weight is 345 g/mol. The second-order valence-corrected chi connectivity index (χ2v) is 6.80. The van der Waals surface area contributed by atoms with Crippen LogP contribution in [0, 0.1) is 0 Å². The summed E-state index contributed by atoms with van der Waals surface area (Å²) in [6.07, 6.45) is 8.97. The number of aliphatic hydroxyl groups is 1. The molecule has 7 heteroatoms. The van der Waals surface area contributed by atoms with E-state index >= 15 is 0 Å². The van der Waals surface area contributed by atoms with E-state index in [0.717, 1.165) is 24.5 Å². The van der Waals surface area contributed by atoms with Crippen LogP contribution >= 0.6 is 0 Å². The molecule has 1 fully saturated rings. The fourth-order valence-corrected chi connectivity index (χ4v) is 3.57. The van der Waals surface area contributed by atoms with E-state index < -0.39 is 6.10 Å². The molecule has 3 N–H and O–H groups in total. The van der Waals surface area contributed by atoms with Crippen molar-refractivity contribution in [1.82, 2.24) is 15.3 Å². The van der Waals surface area contributed by atoms with E-state index in [-0.39, 0.29) is 11.9 Å². The summed E-state index contributed by atoms with van der Waals surface area (Å²) >= 11 is 0. The largest absolute Gasteiger partial charge is 0.391 e. The third-order valence-corrected chi connectivity index (χ3v) is 4.90. The lowest BCUT2D eigenvalue weighted by Crippen LogP contribution is -2.40. The van der Waals surface area contributed by atoms with Crippen LogP contribution in [-0.2, 0) is 4.79 Å². The molecule has 0 bridgehead atoms. The van der Waals surface area contributed by atoms with Crippen molar-refractivity contribution in [3.8, 4) is 0 Å². The van der Waals surface area contributed by atoms with Gasteiger partial charge in [0, 0.05) is 32.6 Å². The van der Waals surface area contributed by atoms with Crippen molar-refractivity contribution in [1.29, 1.82) is 0 Å². The van der Waals surface area contributed by atoms with Gasteiger partial charge >= 0.3 is 0 Å². The van der Waals surface area contributed by atoms with E-state index in [1.807, 2.05) is 18.0 Å². The maximum Gasteiger partial charge on any atom is 0.224 e. The number of nitrogens with one attached hydrogen (secondary N) is 2. The van der Waals surface area contributed by atoms with E-state index in [1.54, 1.807) is 0 Å². The fraction of sp³-hybridized carbons (Fsp3) is 0.611. The predicted molar refractivity (Wildman–Crippen MR) is 97.5 cm³/mol. The van der Waals surface area contributed by atoms with E-state index in [0.29, 0.717) is 25.9 Å². The summed E-state index contributed by atoms with van der Waals surface area (Å²) in [6, 6.07) is 1.90. The molecular formula is C18H27N5O2.